The van der Waals surface area contributed by atoms with Gasteiger partial charge in [-0.05, 0) is 43.9 Å². The monoisotopic (exact) mass is 420 g/mol. The van der Waals surface area contributed by atoms with Gasteiger partial charge in [0.15, 0.2) is 0 Å². The highest BCUT2D eigenvalue weighted by Gasteiger charge is 2.45. The maximum atomic E-state index is 10.2. The van der Waals surface area contributed by atoms with E-state index in [-0.39, 0.29) is 5.88 Å². The van der Waals surface area contributed by atoms with Gasteiger partial charge >= 0.3 is 0 Å². The summed E-state index contributed by atoms with van der Waals surface area (Å²) in [5.41, 5.74) is 2.60. The first-order valence-corrected chi connectivity index (χ1v) is 10.2. The Labute approximate surface area is 174 Å². The van der Waals surface area contributed by atoms with Crippen LogP contribution < -0.4 is 9.47 Å². The van der Waals surface area contributed by atoms with Crippen molar-refractivity contribution in [1.82, 2.24) is 10.2 Å². The number of aliphatic hydroxyl groups excluding tert-OH is 4. The van der Waals surface area contributed by atoms with E-state index in [1.807, 2.05) is 31.2 Å². The number of aromatic amines is 1. The molecule has 1 saturated heterocycles. The largest absolute Gasteiger partial charge is 0.490 e. The maximum Gasteiger partial charge on any atom is 0.238 e. The predicted molar refractivity (Wildman–Crippen MR) is 105 cm³/mol. The Morgan fingerprint density at radius 2 is 1.80 bits per heavy atom. The molecule has 1 aromatic heterocycles. The first-order chi connectivity index (χ1) is 14.5. The number of nitrogens with one attached hydrogen (secondary N) is 1. The van der Waals surface area contributed by atoms with E-state index in [2.05, 4.69) is 10.2 Å². The van der Waals surface area contributed by atoms with E-state index in [1.54, 1.807) is 0 Å². The standard InChI is InChI=1S/C21H28N2O7/c1-11-15(9-12-5-7-14(8-6-12)28-13-3-2-4-13)20(23-22-11)30-21-19(27)18(26)17(25)16(10-24)29-21/h5-8,13,16-19,21,24-27H,2-4,9-10H2,1H3,(H,22,23)/t16-,17-,18+,19-,21?/m1/s1. The Morgan fingerprint density at radius 1 is 1.07 bits per heavy atom. The van der Waals surface area contributed by atoms with E-state index in [1.165, 1.54) is 6.42 Å². The molecule has 0 radical (unpaired) electrons. The number of nitrogens with zero attached hydrogens (tertiary/aromatic N) is 1. The average Bonchev–Trinajstić information content (AvgIpc) is 3.05. The fourth-order valence-electron chi connectivity index (χ4n) is 3.58. The smallest absolute Gasteiger partial charge is 0.238 e. The minimum atomic E-state index is -1.51. The maximum absolute atomic E-state index is 10.2. The van der Waals surface area contributed by atoms with E-state index >= 15 is 0 Å². The zero-order valence-electron chi connectivity index (χ0n) is 16.8. The minimum absolute atomic E-state index is 0.228. The van der Waals surface area contributed by atoms with Crippen molar-refractivity contribution in [1.29, 1.82) is 0 Å². The molecule has 1 saturated carbocycles. The summed E-state index contributed by atoms with van der Waals surface area (Å²) in [6, 6.07) is 7.86. The summed E-state index contributed by atoms with van der Waals surface area (Å²) in [5.74, 6) is 1.08. The Hall–Kier alpha value is -2.17. The molecule has 0 amide bonds. The molecule has 2 heterocycles. The average molecular weight is 420 g/mol. The number of benzene rings is 1. The van der Waals surface area contributed by atoms with E-state index in [0.29, 0.717) is 12.5 Å². The lowest BCUT2D eigenvalue weighted by molar-refractivity contribution is -0.278. The molecule has 9 heteroatoms. The van der Waals surface area contributed by atoms with Crippen LogP contribution in [0.3, 0.4) is 0 Å². The van der Waals surface area contributed by atoms with Gasteiger partial charge in [0, 0.05) is 17.7 Å². The van der Waals surface area contributed by atoms with Gasteiger partial charge in [-0.1, -0.05) is 12.1 Å². The van der Waals surface area contributed by atoms with E-state index in [0.717, 1.165) is 35.4 Å². The molecule has 1 aliphatic carbocycles. The van der Waals surface area contributed by atoms with Gasteiger partial charge < -0.3 is 34.6 Å². The van der Waals surface area contributed by atoms with Gasteiger partial charge in [0.2, 0.25) is 12.2 Å². The van der Waals surface area contributed by atoms with Crippen LogP contribution in [0.1, 0.15) is 36.1 Å². The summed E-state index contributed by atoms with van der Waals surface area (Å²) in [5, 5.41) is 46.4. The molecule has 5 atom stereocenters. The normalized spacial score (nSPS) is 29.4. The topological polar surface area (TPSA) is 137 Å². The Bertz CT molecular complexity index is 834. The third kappa shape index (κ3) is 4.30. The molecule has 30 heavy (non-hydrogen) atoms. The molecule has 0 bridgehead atoms. The van der Waals surface area contributed by atoms with Gasteiger partial charge in [-0.2, -0.15) is 0 Å². The molecule has 164 valence electrons. The quantitative estimate of drug-likeness (QED) is 0.435. The van der Waals surface area contributed by atoms with Crippen molar-refractivity contribution in [3.05, 3.63) is 41.1 Å². The Kier molecular flexibility index (Phi) is 6.26. The summed E-state index contributed by atoms with van der Waals surface area (Å²) in [4.78, 5) is 0. The molecule has 0 spiro atoms. The number of hydrogen-bond donors (Lipinski definition) is 5. The number of aliphatic hydroxyl groups is 4. The second-order valence-electron chi connectivity index (χ2n) is 7.94. The van der Waals surface area contributed by atoms with E-state index in [9.17, 15) is 20.4 Å². The molecule has 1 aromatic carbocycles. The second kappa shape index (κ2) is 8.91. The molecule has 1 unspecified atom stereocenters. The highest BCUT2D eigenvalue weighted by Crippen LogP contribution is 2.29. The molecular formula is C21H28N2O7. The zero-order chi connectivity index (χ0) is 21.3. The van der Waals surface area contributed by atoms with Crippen molar-refractivity contribution in [3.63, 3.8) is 0 Å². The molecule has 2 aliphatic rings. The number of aromatic nitrogens is 2. The first kappa shape index (κ1) is 21.1. The van der Waals surface area contributed by atoms with Crippen molar-refractivity contribution in [2.24, 2.45) is 0 Å². The van der Waals surface area contributed by atoms with Crippen LogP contribution in [0.5, 0.6) is 11.6 Å². The van der Waals surface area contributed by atoms with Gasteiger partial charge in [-0.15, -0.1) is 5.10 Å². The highest BCUT2D eigenvalue weighted by atomic mass is 16.7. The van der Waals surface area contributed by atoms with Crippen LogP contribution in [0.4, 0.5) is 0 Å². The third-order valence-electron chi connectivity index (χ3n) is 5.77. The van der Waals surface area contributed by atoms with Crippen LogP contribution in [-0.2, 0) is 11.2 Å². The number of rotatable bonds is 7. The van der Waals surface area contributed by atoms with Crippen molar-refractivity contribution < 1.29 is 34.6 Å². The second-order valence-corrected chi connectivity index (χ2v) is 7.94. The summed E-state index contributed by atoms with van der Waals surface area (Å²) in [7, 11) is 0. The lowest BCUT2D eigenvalue weighted by atomic mass is 9.96. The van der Waals surface area contributed by atoms with Gasteiger partial charge in [-0.3, -0.25) is 5.10 Å². The Morgan fingerprint density at radius 3 is 2.43 bits per heavy atom. The molecule has 2 fully saturated rings. The minimum Gasteiger partial charge on any atom is -0.490 e. The highest BCUT2D eigenvalue weighted by molar-refractivity contribution is 5.37. The molecule has 9 nitrogen and oxygen atoms in total. The van der Waals surface area contributed by atoms with Gasteiger partial charge in [0.05, 0.1) is 12.7 Å². The van der Waals surface area contributed by atoms with E-state index in [4.69, 9.17) is 14.2 Å². The first-order valence-electron chi connectivity index (χ1n) is 10.2. The summed E-state index contributed by atoms with van der Waals surface area (Å²) >= 11 is 0. The molecule has 1 aliphatic heterocycles. The SMILES string of the molecule is Cc1[nH]nc(OC2O[C@H](CO)[C@@H](O)[C@H](O)[C@H]2O)c1Cc1ccc(OC2CCC2)cc1. The fourth-order valence-corrected chi connectivity index (χ4v) is 3.58. The molecule has 2 aromatic rings. The summed E-state index contributed by atoms with van der Waals surface area (Å²) in [6.07, 6.45) is -2.47. The molecule has 5 N–H and O–H groups in total. The van der Waals surface area contributed by atoms with Crippen molar-refractivity contribution >= 4 is 0 Å². The van der Waals surface area contributed by atoms with Crippen molar-refractivity contribution in [3.8, 4) is 11.6 Å². The predicted octanol–water partition coefficient (Wildman–Crippen LogP) is 0.419. The Balaban J connectivity index is 1.45. The van der Waals surface area contributed by atoms with Crippen LogP contribution in [0.2, 0.25) is 0 Å². The van der Waals surface area contributed by atoms with Gasteiger partial charge in [0.1, 0.15) is 30.2 Å². The van der Waals surface area contributed by atoms with Gasteiger partial charge in [-0.25, -0.2) is 0 Å². The molecular weight excluding hydrogens is 392 g/mol. The van der Waals surface area contributed by atoms with Crippen molar-refractivity contribution in [2.45, 2.75) is 69.4 Å². The number of H-pyrrole nitrogens is 1. The van der Waals surface area contributed by atoms with E-state index < -0.39 is 37.3 Å². The lowest BCUT2D eigenvalue weighted by Crippen LogP contribution is -2.60. The van der Waals surface area contributed by atoms with Crippen LogP contribution in [-0.4, -0.2) is 74.0 Å². The van der Waals surface area contributed by atoms with Gasteiger partial charge in [0.25, 0.3) is 0 Å². The molecule has 4 rings (SSSR count). The van der Waals surface area contributed by atoms with Crippen LogP contribution in [0.25, 0.3) is 0 Å². The third-order valence-corrected chi connectivity index (χ3v) is 5.77. The summed E-state index contributed by atoms with van der Waals surface area (Å²) < 4.78 is 17.0. The summed E-state index contributed by atoms with van der Waals surface area (Å²) in [6.45, 7) is 1.34. The van der Waals surface area contributed by atoms with Crippen LogP contribution >= 0.6 is 0 Å². The fraction of sp³-hybridized carbons (Fsp3) is 0.571. The number of aryl methyl sites for hydroxylation is 1. The van der Waals surface area contributed by atoms with Crippen LogP contribution in [0.15, 0.2) is 24.3 Å². The number of ether oxygens (including phenoxy) is 3. The number of hydrogen-bond acceptors (Lipinski definition) is 8. The lowest BCUT2D eigenvalue weighted by Gasteiger charge is -2.39. The zero-order valence-corrected chi connectivity index (χ0v) is 16.8. The van der Waals surface area contributed by atoms with Crippen molar-refractivity contribution in [2.75, 3.05) is 6.61 Å². The van der Waals surface area contributed by atoms with Crippen LogP contribution in [0, 0.1) is 6.92 Å².